The third-order valence-electron chi connectivity index (χ3n) is 4.57. The molecule has 12 heteroatoms. The zero-order valence-electron chi connectivity index (χ0n) is 17.8. The highest BCUT2D eigenvalue weighted by Gasteiger charge is 2.29. The highest BCUT2D eigenvalue weighted by molar-refractivity contribution is 14.0. The van der Waals surface area contributed by atoms with E-state index >= 15 is 0 Å². The maximum atomic E-state index is 12.7. The van der Waals surface area contributed by atoms with E-state index in [0.717, 1.165) is 5.69 Å². The van der Waals surface area contributed by atoms with E-state index in [1.807, 2.05) is 11.8 Å². The van der Waals surface area contributed by atoms with Crippen molar-refractivity contribution in [3.05, 3.63) is 42.2 Å². The van der Waals surface area contributed by atoms with Crippen LogP contribution in [0.5, 0.6) is 5.75 Å². The average molecular weight is 566 g/mol. The normalized spacial score (nSPS) is 14.9. The first-order chi connectivity index (χ1) is 14.7. The zero-order chi connectivity index (χ0) is 22.4. The number of hydrogen-bond donors (Lipinski definition) is 1. The van der Waals surface area contributed by atoms with Crippen LogP contribution in [0.1, 0.15) is 12.5 Å². The lowest BCUT2D eigenvalue weighted by Crippen LogP contribution is -2.55. The van der Waals surface area contributed by atoms with Crippen LogP contribution in [0.25, 0.3) is 0 Å². The topological polar surface area (TPSA) is 75.0 Å². The number of benzene rings is 1. The lowest BCUT2D eigenvalue weighted by molar-refractivity contribution is -0.153. The van der Waals surface area contributed by atoms with Crippen LogP contribution in [-0.2, 0) is 18.4 Å². The first kappa shape index (κ1) is 25.7. The van der Waals surface area contributed by atoms with Crippen molar-refractivity contribution in [2.75, 3.05) is 37.7 Å². The molecule has 8 nitrogen and oxygen atoms in total. The number of carbonyl (C=O) groups is 1. The van der Waals surface area contributed by atoms with Crippen molar-refractivity contribution < 1.29 is 22.7 Å². The SMILES string of the molecule is CCNC(=NCc1cccc(OCC(F)(F)F)c1)N1CCN(c2cnn(C)c2)C(=O)C1.I. The second-order valence-electron chi connectivity index (χ2n) is 7.06. The fraction of sp³-hybridized carbons (Fsp3) is 0.450. The average Bonchev–Trinajstić information content (AvgIpc) is 3.15. The number of rotatable bonds is 6. The van der Waals surface area contributed by atoms with Gasteiger partial charge in [-0.05, 0) is 24.6 Å². The molecule has 1 aliphatic heterocycles. The van der Waals surface area contributed by atoms with E-state index in [1.54, 1.807) is 41.2 Å². The fourth-order valence-corrected chi connectivity index (χ4v) is 3.17. The Balaban J connectivity index is 0.00000363. The van der Waals surface area contributed by atoms with E-state index in [0.29, 0.717) is 31.2 Å². The van der Waals surface area contributed by atoms with Gasteiger partial charge in [0.15, 0.2) is 12.6 Å². The Morgan fingerprint density at radius 3 is 2.72 bits per heavy atom. The molecular formula is C20H26F3IN6O2. The number of aliphatic imine (C=N–C) groups is 1. The zero-order valence-corrected chi connectivity index (χ0v) is 20.1. The summed E-state index contributed by atoms with van der Waals surface area (Å²) in [5.74, 6) is 0.644. The number of alkyl halides is 3. The summed E-state index contributed by atoms with van der Waals surface area (Å²) in [6.07, 6.45) is -0.946. The van der Waals surface area contributed by atoms with Crippen molar-refractivity contribution in [2.45, 2.75) is 19.6 Å². The maximum absolute atomic E-state index is 12.7. The van der Waals surface area contributed by atoms with Gasteiger partial charge in [0.2, 0.25) is 5.91 Å². The van der Waals surface area contributed by atoms with Crippen LogP contribution in [-0.4, -0.2) is 65.5 Å². The second-order valence-corrected chi connectivity index (χ2v) is 7.06. The first-order valence-electron chi connectivity index (χ1n) is 9.86. The molecule has 1 aliphatic rings. The number of nitrogens with one attached hydrogen (secondary N) is 1. The molecule has 1 fully saturated rings. The Bertz CT molecular complexity index is 934. The molecule has 2 heterocycles. The van der Waals surface area contributed by atoms with Crippen molar-refractivity contribution in [3.63, 3.8) is 0 Å². The van der Waals surface area contributed by atoms with Gasteiger partial charge in [-0.1, -0.05) is 12.1 Å². The van der Waals surface area contributed by atoms with E-state index in [2.05, 4.69) is 15.4 Å². The molecule has 0 unspecified atom stereocenters. The molecule has 1 aromatic carbocycles. The van der Waals surface area contributed by atoms with E-state index in [9.17, 15) is 18.0 Å². The van der Waals surface area contributed by atoms with Crippen molar-refractivity contribution in [2.24, 2.45) is 12.0 Å². The molecule has 1 aromatic heterocycles. The van der Waals surface area contributed by atoms with E-state index in [-0.39, 0.29) is 48.7 Å². The summed E-state index contributed by atoms with van der Waals surface area (Å²) in [6.45, 7) is 2.68. The summed E-state index contributed by atoms with van der Waals surface area (Å²) in [4.78, 5) is 20.8. The number of anilines is 1. The number of hydrogen-bond acceptors (Lipinski definition) is 4. The number of piperazine rings is 1. The summed E-state index contributed by atoms with van der Waals surface area (Å²) in [6, 6.07) is 6.39. The van der Waals surface area contributed by atoms with Gasteiger partial charge >= 0.3 is 6.18 Å². The lowest BCUT2D eigenvalue weighted by Gasteiger charge is -2.35. The van der Waals surface area contributed by atoms with Crippen LogP contribution in [0.15, 0.2) is 41.7 Å². The Labute approximate surface area is 201 Å². The molecule has 32 heavy (non-hydrogen) atoms. The quantitative estimate of drug-likeness (QED) is 0.331. The van der Waals surface area contributed by atoms with Crippen LogP contribution < -0.4 is 15.0 Å². The number of amides is 1. The van der Waals surface area contributed by atoms with Gasteiger partial charge in [0.1, 0.15) is 12.3 Å². The van der Waals surface area contributed by atoms with Gasteiger partial charge in [-0.3, -0.25) is 9.48 Å². The minimum atomic E-state index is -4.39. The van der Waals surface area contributed by atoms with Gasteiger partial charge in [-0.2, -0.15) is 18.3 Å². The number of guanidine groups is 1. The maximum Gasteiger partial charge on any atom is 0.422 e. The van der Waals surface area contributed by atoms with Gasteiger partial charge in [0.05, 0.1) is 18.4 Å². The predicted octanol–water partition coefficient (Wildman–Crippen LogP) is 2.79. The standard InChI is InChI=1S/C20H25F3N6O2.HI/c1-3-24-19(25-10-15-5-4-6-17(9-15)31-14-20(21,22)23)28-7-8-29(18(30)13-28)16-11-26-27(2)12-16;/h4-6,9,11-12H,3,7-8,10,13-14H2,1-2H3,(H,24,25);1H. The highest BCUT2D eigenvalue weighted by atomic mass is 127. The van der Waals surface area contributed by atoms with Crippen LogP contribution >= 0.6 is 24.0 Å². The molecule has 1 saturated heterocycles. The molecule has 0 spiro atoms. The molecular weight excluding hydrogens is 540 g/mol. The molecule has 1 amide bonds. The van der Waals surface area contributed by atoms with Crippen LogP contribution in [0.3, 0.4) is 0 Å². The Morgan fingerprint density at radius 2 is 2.09 bits per heavy atom. The molecule has 0 radical (unpaired) electrons. The molecule has 1 N–H and O–H groups in total. The number of nitrogens with zero attached hydrogens (tertiary/aromatic N) is 5. The van der Waals surface area contributed by atoms with Crippen LogP contribution in [0, 0.1) is 0 Å². The number of ether oxygens (including phenoxy) is 1. The van der Waals surface area contributed by atoms with Crippen molar-refractivity contribution in [1.29, 1.82) is 0 Å². The minimum absolute atomic E-state index is 0. The second kappa shape index (κ2) is 11.4. The summed E-state index contributed by atoms with van der Waals surface area (Å²) in [5.41, 5.74) is 1.46. The van der Waals surface area contributed by atoms with Gasteiger partial charge in [-0.25, -0.2) is 4.99 Å². The van der Waals surface area contributed by atoms with Crippen molar-refractivity contribution in [1.82, 2.24) is 20.0 Å². The van der Waals surface area contributed by atoms with E-state index in [4.69, 9.17) is 4.74 Å². The summed E-state index contributed by atoms with van der Waals surface area (Å²) in [5, 5.41) is 7.28. The minimum Gasteiger partial charge on any atom is -0.484 e. The number of aryl methyl sites for hydroxylation is 1. The highest BCUT2D eigenvalue weighted by Crippen LogP contribution is 2.20. The lowest BCUT2D eigenvalue weighted by atomic mass is 10.2. The van der Waals surface area contributed by atoms with Crippen LogP contribution in [0.4, 0.5) is 18.9 Å². The Hall–Kier alpha value is -2.51. The molecule has 2 aromatic rings. The Kier molecular flexibility index (Phi) is 9.16. The monoisotopic (exact) mass is 566 g/mol. The largest absolute Gasteiger partial charge is 0.484 e. The van der Waals surface area contributed by atoms with Crippen molar-refractivity contribution >= 4 is 41.5 Å². The predicted molar refractivity (Wildman–Crippen MR) is 125 cm³/mol. The third kappa shape index (κ3) is 7.28. The molecule has 0 saturated carbocycles. The summed E-state index contributed by atoms with van der Waals surface area (Å²) >= 11 is 0. The first-order valence-corrected chi connectivity index (χ1v) is 9.86. The summed E-state index contributed by atoms with van der Waals surface area (Å²) < 4.78 is 43.5. The van der Waals surface area contributed by atoms with E-state index < -0.39 is 12.8 Å². The fourth-order valence-electron chi connectivity index (χ4n) is 3.17. The number of halogens is 4. The molecule has 0 atom stereocenters. The van der Waals surface area contributed by atoms with Gasteiger partial charge in [-0.15, -0.1) is 24.0 Å². The summed E-state index contributed by atoms with van der Waals surface area (Å²) in [7, 11) is 1.79. The number of aromatic nitrogens is 2. The van der Waals surface area contributed by atoms with Gasteiger partial charge in [0.25, 0.3) is 0 Å². The van der Waals surface area contributed by atoms with E-state index in [1.165, 1.54) is 12.1 Å². The van der Waals surface area contributed by atoms with Crippen LogP contribution in [0.2, 0.25) is 0 Å². The molecule has 0 aliphatic carbocycles. The molecule has 176 valence electrons. The van der Waals surface area contributed by atoms with Gasteiger partial charge in [0, 0.05) is 32.9 Å². The number of carbonyl (C=O) groups excluding carboxylic acids is 1. The third-order valence-corrected chi connectivity index (χ3v) is 4.57. The molecule has 0 bridgehead atoms. The smallest absolute Gasteiger partial charge is 0.422 e. The Morgan fingerprint density at radius 1 is 1.31 bits per heavy atom. The molecule has 3 rings (SSSR count). The van der Waals surface area contributed by atoms with Gasteiger partial charge < -0.3 is 19.9 Å². The van der Waals surface area contributed by atoms with Crippen molar-refractivity contribution in [3.8, 4) is 5.75 Å².